The summed E-state index contributed by atoms with van der Waals surface area (Å²) in [5.41, 5.74) is -2.47. The van der Waals surface area contributed by atoms with Gasteiger partial charge in [0.25, 0.3) is 0 Å². The van der Waals surface area contributed by atoms with Crippen molar-refractivity contribution in [3.8, 4) is 0 Å². The second kappa shape index (κ2) is 11.3. The maximum Gasteiger partial charge on any atom is 0.217 e. The molecule has 3 heterocycles. The number of amides is 1. The number of aliphatic hydroxyl groups excluding tert-OH is 10. The molecule has 3 fully saturated rings. The molecule has 0 radical (unpaired) electrons. The molecule has 2 unspecified atom stereocenters. The topological polar surface area (TPSA) is 268 Å². The Bertz CT molecular complexity index is 759. The summed E-state index contributed by atoms with van der Waals surface area (Å²) < 4.78 is 21.8. The van der Waals surface area contributed by atoms with Crippen LogP contribution >= 0.6 is 0 Å². The van der Waals surface area contributed by atoms with Crippen LogP contribution in [0.5, 0.6) is 0 Å². The number of carbonyl (C=O) groups is 1. The van der Waals surface area contributed by atoms with Gasteiger partial charge in [-0.3, -0.25) is 4.79 Å². The lowest BCUT2D eigenvalue weighted by Gasteiger charge is -2.57. The van der Waals surface area contributed by atoms with E-state index in [1.165, 1.54) is 6.92 Å². The Morgan fingerprint density at radius 2 is 1.39 bits per heavy atom. The third-order valence-corrected chi connectivity index (χ3v) is 6.91. The zero-order valence-corrected chi connectivity index (χ0v) is 19.5. The number of hydrogen-bond donors (Lipinski definition) is 11. The van der Waals surface area contributed by atoms with Gasteiger partial charge in [0.05, 0.1) is 19.3 Å². The first-order valence-electron chi connectivity index (χ1n) is 11.4. The molecule has 15 atom stereocenters. The van der Waals surface area contributed by atoms with Gasteiger partial charge in [-0.25, -0.2) is 0 Å². The van der Waals surface area contributed by atoms with Crippen molar-refractivity contribution < 1.29 is 74.8 Å². The molecule has 0 aliphatic carbocycles. The zero-order chi connectivity index (χ0) is 27.1. The second-order valence-corrected chi connectivity index (χ2v) is 9.30. The van der Waals surface area contributed by atoms with E-state index in [0.29, 0.717) is 0 Å². The Kier molecular flexibility index (Phi) is 9.28. The van der Waals surface area contributed by atoms with Crippen LogP contribution in [0.15, 0.2) is 0 Å². The minimum Gasteiger partial charge on any atom is -0.394 e. The Morgan fingerprint density at radius 3 is 1.94 bits per heavy atom. The van der Waals surface area contributed by atoms with Crippen molar-refractivity contribution in [1.82, 2.24) is 5.32 Å². The van der Waals surface area contributed by atoms with Gasteiger partial charge in [0.15, 0.2) is 12.6 Å². The van der Waals surface area contributed by atoms with E-state index in [4.69, 9.17) is 18.9 Å². The summed E-state index contributed by atoms with van der Waals surface area (Å²) in [6, 6.07) is 0. The van der Waals surface area contributed by atoms with Crippen LogP contribution in [0.25, 0.3) is 0 Å². The van der Waals surface area contributed by atoms with Gasteiger partial charge < -0.3 is 75.3 Å². The van der Waals surface area contributed by atoms with Crippen molar-refractivity contribution in [2.45, 2.75) is 105 Å². The first-order chi connectivity index (χ1) is 16.8. The molecule has 0 aromatic carbocycles. The van der Waals surface area contributed by atoms with Crippen molar-refractivity contribution in [3.63, 3.8) is 0 Å². The summed E-state index contributed by atoms with van der Waals surface area (Å²) in [5, 5.41) is 105. The molecule has 16 nitrogen and oxygen atoms in total. The van der Waals surface area contributed by atoms with Gasteiger partial charge in [0.1, 0.15) is 72.7 Å². The van der Waals surface area contributed by atoms with Crippen molar-refractivity contribution in [3.05, 3.63) is 0 Å². The van der Waals surface area contributed by atoms with Gasteiger partial charge in [0, 0.05) is 6.92 Å². The molecule has 0 aromatic rings. The van der Waals surface area contributed by atoms with Gasteiger partial charge >= 0.3 is 0 Å². The van der Waals surface area contributed by atoms with Crippen LogP contribution in [0.1, 0.15) is 13.8 Å². The average molecular weight is 529 g/mol. The predicted octanol–water partition coefficient (Wildman–Crippen LogP) is -7.01. The summed E-state index contributed by atoms with van der Waals surface area (Å²) >= 11 is 0. The van der Waals surface area contributed by atoms with E-state index < -0.39 is 110 Å². The SMILES string of the molecule is CC(=O)N[C@@]1(C2O[C@@H](C)[C@@H](O)[C@@H](O)[C@@H]2O)C(O)O[C@H](CO)[C@@H](O[C@@H]2O[C@H](CO)[C@H](O)[C@H](O)[C@H]2O)[C@@H]1O. The highest BCUT2D eigenvalue weighted by molar-refractivity contribution is 5.74. The lowest BCUT2D eigenvalue weighted by Crippen LogP contribution is -2.82. The Labute approximate surface area is 205 Å². The monoisotopic (exact) mass is 529 g/mol. The van der Waals surface area contributed by atoms with Crippen LogP contribution in [0.2, 0.25) is 0 Å². The highest BCUT2D eigenvalue weighted by Crippen LogP contribution is 2.40. The summed E-state index contributed by atoms with van der Waals surface area (Å²) in [5.74, 6) is -0.852. The van der Waals surface area contributed by atoms with Crippen molar-refractivity contribution in [1.29, 1.82) is 0 Å². The van der Waals surface area contributed by atoms with Crippen LogP contribution in [0, 0.1) is 0 Å². The first kappa shape index (κ1) is 29.5. The summed E-state index contributed by atoms with van der Waals surface area (Å²) in [6.45, 7) is 0.677. The highest BCUT2D eigenvalue weighted by Gasteiger charge is 2.66. The number of nitrogens with one attached hydrogen (secondary N) is 1. The van der Waals surface area contributed by atoms with Gasteiger partial charge in [0.2, 0.25) is 5.91 Å². The molecular weight excluding hydrogens is 494 g/mol. The number of carbonyl (C=O) groups excluding carboxylic acids is 1. The molecule has 36 heavy (non-hydrogen) atoms. The fraction of sp³-hybridized carbons (Fsp3) is 0.950. The molecular formula is C20H35NO15. The fourth-order valence-electron chi connectivity index (χ4n) is 4.89. The minimum absolute atomic E-state index is 0.785. The van der Waals surface area contributed by atoms with Crippen LogP contribution in [-0.2, 0) is 23.7 Å². The van der Waals surface area contributed by atoms with E-state index in [2.05, 4.69) is 5.32 Å². The van der Waals surface area contributed by atoms with E-state index in [1.807, 2.05) is 0 Å². The lowest BCUT2D eigenvalue weighted by molar-refractivity contribution is -0.370. The van der Waals surface area contributed by atoms with Gasteiger partial charge in [-0.15, -0.1) is 0 Å². The lowest BCUT2D eigenvalue weighted by atomic mass is 9.74. The number of ether oxygens (including phenoxy) is 4. The Hall–Kier alpha value is -1.09. The quantitative estimate of drug-likeness (QED) is 0.153. The summed E-state index contributed by atoms with van der Waals surface area (Å²) in [6.07, 6.45) is -24.6. The van der Waals surface area contributed by atoms with Gasteiger partial charge in [-0.2, -0.15) is 0 Å². The van der Waals surface area contributed by atoms with Crippen molar-refractivity contribution in [2.24, 2.45) is 0 Å². The smallest absolute Gasteiger partial charge is 0.217 e. The Morgan fingerprint density at radius 1 is 0.806 bits per heavy atom. The summed E-state index contributed by atoms with van der Waals surface area (Å²) in [7, 11) is 0. The molecule has 0 saturated carbocycles. The summed E-state index contributed by atoms with van der Waals surface area (Å²) in [4.78, 5) is 12.2. The molecule has 3 rings (SSSR count). The predicted molar refractivity (Wildman–Crippen MR) is 112 cm³/mol. The Balaban J connectivity index is 2.01. The van der Waals surface area contributed by atoms with E-state index in [-0.39, 0.29) is 0 Å². The number of rotatable bonds is 6. The van der Waals surface area contributed by atoms with Crippen LogP contribution in [0.3, 0.4) is 0 Å². The van der Waals surface area contributed by atoms with Crippen molar-refractivity contribution >= 4 is 5.91 Å². The molecule has 0 bridgehead atoms. The molecule has 16 heteroatoms. The normalized spacial score (nSPS) is 52.1. The van der Waals surface area contributed by atoms with E-state index in [9.17, 15) is 55.9 Å². The molecule has 210 valence electrons. The molecule has 11 N–H and O–H groups in total. The number of hydrogen-bond acceptors (Lipinski definition) is 15. The van der Waals surface area contributed by atoms with Gasteiger partial charge in [-0.05, 0) is 6.92 Å². The largest absolute Gasteiger partial charge is 0.394 e. The molecule has 0 aromatic heterocycles. The maximum atomic E-state index is 12.2. The molecule has 0 spiro atoms. The van der Waals surface area contributed by atoms with E-state index in [1.54, 1.807) is 0 Å². The molecule has 3 aliphatic rings. The van der Waals surface area contributed by atoms with E-state index in [0.717, 1.165) is 6.92 Å². The molecule has 3 aliphatic heterocycles. The van der Waals surface area contributed by atoms with Crippen LogP contribution in [0.4, 0.5) is 0 Å². The zero-order valence-electron chi connectivity index (χ0n) is 19.5. The highest BCUT2D eigenvalue weighted by atomic mass is 16.7. The minimum atomic E-state index is -2.47. The van der Waals surface area contributed by atoms with Gasteiger partial charge in [-0.1, -0.05) is 0 Å². The fourth-order valence-corrected chi connectivity index (χ4v) is 4.89. The molecule has 1 amide bonds. The number of aliphatic hydroxyl groups is 10. The first-order valence-corrected chi connectivity index (χ1v) is 11.4. The van der Waals surface area contributed by atoms with E-state index >= 15 is 0 Å². The van der Waals surface area contributed by atoms with Crippen molar-refractivity contribution in [2.75, 3.05) is 13.2 Å². The van der Waals surface area contributed by atoms with Crippen LogP contribution < -0.4 is 5.32 Å². The third kappa shape index (κ3) is 4.99. The standard InChI is InChI=1S/C20H35NO15/c1-5-9(25)11(27)13(29)17(33-5)20(21-6(2)24)16(31)15(8(4-23)35-19(20)32)36-18-14(30)12(28)10(26)7(3-22)34-18/h5,7-19,22-23,25-32H,3-4H2,1-2H3,(H,21,24)/t5-,7+,8+,9+,10-,11+,12-,13-,14+,15+,16-,17?,18-,19?,20-/m0/s1. The van der Waals surface area contributed by atoms with Crippen LogP contribution in [-0.4, -0.2) is 162 Å². The maximum absolute atomic E-state index is 12.2. The second-order valence-electron chi connectivity index (χ2n) is 9.30. The molecule has 3 saturated heterocycles. The average Bonchev–Trinajstić information content (AvgIpc) is 2.84. The third-order valence-electron chi connectivity index (χ3n) is 6.91.